The number of hydrogen-bond acceptors (Lipinski definition) is 4. The number of carbonyl (C=O) groups excluding carboxylic acids is 1. The molecule has 6 nitrogen and oxygen atoms in total. The zero-order valence-corrected chi connectivity index (χ0v) is 12.6. The van der Waals surface area contributed by atoms with E-state index < -0.39 is 27.5 Å². The first-order valence-electron chi connectivity index (χ1n) is 6.15. The summed E-state index contributed by atoms with van der Waals surface area (Å²) in [5.41, 5.74) is 1.43. The molecule has 1 rings (SSSR count). The second kappa shape index (κ2) is 7.03. The van der Waals surface area contributed by atoms with E-state index >= 15 is 0 Å². The molecule has 7 heteroatoms. The second-order valence-electron chi connectivity index (χ2n) is 4.70. The van der Waals surface area contributed by atoms with Gasteiger partial charge in [0.15, 0.2) is 9.84 Å². The summed E-state index contributed by atoms with van der Waals surface area (Å²) in [6.45, 7) is 1.72. The van der Waals surface area contributed by atoms with E-state index in [9.17, 15) is 18.0 Å². The van der Waals surface area contributed by atoms with E-state index in [-0.39, 0.29) is 6.04 Å². The van der Waals surface area contributed by atoms with Crippen LogP contribution in [0.4, 0.5) is 0 Å². The predicted octanol–water partition coefficient (Wildman–Crippen LogP) is 1.01. The Morgan fingerprint density at radius 2 is 2.05 bits per heavy atom. The third-order valence-electron chi connectivity index (χ3n) is 2.60. The minimum Gasteiger partial charge on any atom is -0.478 e. The van der Waals surface area contributed by atoms with Crippen LogP contribution in [-0.2, 0) is 19.4 Å². The van der Waals surface area contributed by atoms with E-state index in [1.165, 1.54) is 6.08 Å². The van der Waals surface area contributed by atoms with Gasteiger partial charge in [0.1, 0.15) is 5.75 Å². The molecule has 0 aliphatic carbocycles. The zero-order valence-electron chi connectivity index (χ0n) is 11.7. The van der Waals surface area contributed by atoms with E-state index in [1.54, 1.807) is 31.2 Å². The Balaban J connectivity index is 2.79. The number of carboxylic acid groups (broad SMARTS) is 1. The number of amides is 1. The average Bonchev–Trinajstić information content (AvgIpc) is 2.34. The molecule has 1 aromatic carbocycles. The number of sulfone groups is 1. The molecule has 0 heterocycles. The topological polar surface area (TPSA) is 101 Å². The Morgan fingerprint density at radius 3 is 2.62 bits per heavy atom. The highest BCUT2D eigenvalue weighted by atomic mass is 32.2. The van der Waals surface area contributed by atoms with Gasteiger partial charge in [0.25, 0.3) is 0 Å². The van der Waals surface area contributed by atoms with Crippen molar-refractivity contribution >= 4 is 27.8 Å². The average molecular weight is 311 g/mol. The normalized spacial score (nSPS) is 13.0. The standard InChI is InChI=1S/C14H17NO5S/c1-10(15-13(16)9-21(2,19)20)12-5-3-4-11(8-12)6-7-14(17)18/h3-8,10H,9H2,1-2H3,(H,15,16)(H,17,18). The third-order valence-corrected chi connectivity index (χ3v) is 3.39. The highest BCUT2D eigenvalue weighted by molar-refractivity contribution is 7.91. The first-order chi connectivity index (χ1) is 9.67. The fourth-order valence-corrected chi connectivity index (χ4v) is 2.26. The Morgan fingerprint density at radius 1 is 1.38 bits per heavy atom. The quantitative estimate of drug-likeness (QED) is 0.764. The number of rotatable bonds is 6. The number of aliphatic carboxylic acids is 1. The van der Waals surface area contributed by atoms with Crippen molar-refractivity contribution in [1.29, 1.82) is 0 Å². The molecule has 0 spiro atoms. The van der Waals surface area contributed by atoms with Crippen molar-refractivity contribution in [1.82, 2.24) is 5.32 Å². The number of nitrogens with one attached hydrogen (secondary N) is 1. The van der Waals surface area contributed by atoms with Gasteiger partial charge in [-0.15, -0.1) is 0 Å². The molecule has 114 valence electrons. The maximum atomic E-state index is 11.6. The van der Waals surface area contributed by atoms with E-state index in [4.69, 9.17) is 5.11 Å². The van der Waals surface area contributed by atoms with Gasteiger partial charge in [-0.05, 0) is 30.2 Å². The summed E-state index contributed by atoms with van der Waals surface area (Å²) < 4.78 is 22.1. The molecule has 0 radical (unpaired) electrons. The van der Waals surface area contributed by atoms with Crippen LogP contribution in [0.1, 0.15) is 24.1 Å². The summed E-state index contributed by atoms with van der Waals surface area (Å²) in [5.74, 6) is -2.18. The molecule has 0 aliphatic heterocycles. The smallest absolute Gasteiger partial charge is 0.328 e. The van der Waals surface area contributed by atoms with Gasteiger partial charge in [0, 0.05) is 12.3 Å². The number of carbonyl (C=O) groups is 2. The van der Waals surface area contributed by atoms with Crippen LogP contribution < -0.4 is 5.32 Å². The molecular weight excluding hydrogens is 294 g/mol. The van der Waals surface area contributed by atoms with Crippen molar-refractivity contribution in [2.24, 2.45) is 0 Å². The molecule has 1 unspecified atom stereocenters. The van der Waals surface area contributed by atoms with E-state index in [0.29, 0.717) is 5.56 Å². The Hall–Kier alpha value is -2.15. The first kappa shape index (κ1) is 16.9. The molecule has 1 amide bonds. The van der Waals surface area contributed by atoms with E-state index in [0.717, 1.165) is 17.9 Å². The fraction of sp³-hybridized carbons (Fsp3) is 0.286. The van der Waals surface area contributed by atoms with Crippen LogP contribution in [0.15, 0.2) is 30.3 Å². The lowest BCUT2D eigenvalue weighted by atomic mass is 10.0. The SMILES string of the molecule is CC(NC(=O)CS(C)(=O)=O)c1cccc(C=CC(=O)O)c1. The summed E-state index contributed by atoms with van der Waals surface area (Å²) in [4.78, 5) is 22.0. The fourth-order valence-electron chi connectivity index (χ4n) is 1.70. The molecule has 0 aliphatic rings. The van der Waals surface area contributed by atoms with Crippen LogP contribution >= 0.6 is 0 Å². The van der Waals surface area contributed by atoms with Crippen molar-refractivity contribution in [2.45, 2.75) is 13.0 Å². The predicted molar refractivity (Wildman–Crippen MR) is 79.4 cm³/mol. The molecule has 0 saturated heterocycles. The third kappa shape index (κ3) is 6.71. The van der Waals surface area contributed by atoms with Crippen molar-refractivity contribution in [3.8, 4) is 0 Å². The highest BCUT2D eigenvalue weighted by Crippen LogP contribution is 2.15. The van der Waals surface area contributed by atoms with Crippen molar-refractivity contribution in [2.75, 3.05) is 12.0 Å². The van der Waals surface area contributed by atoms with Crippen LogP contribution in [0.2, 0.25) is 0 Å². The maximum Gasteiger partial charge on any atom is 0.328 e. The van der Waals surface area contributed by atoms with Gasteiger partial charge in [-0.3, -0.25) is 4.79 Å². The number of hydrogen-bond donors (Lipinski definition) is 2. The first-order valence-corrected chi connectivity index (χ1v) is 8.21. The number of carboxylic acids is 1. The molecule has 0 saturated carbocycles. The Kier molecular flexibility index (Phi) is 5.66. The largest absolute Gasteiger partial charge is 0.478 e. The molecular formula is C14H17NO5S. The van der Waals surface area contributed by atoms with E-state index in [1.807, 2.05) is 0 Å². The van der Waals surface area contributed by atoms with Gasteiger partial charge < -0.3 is 10.4 Å². The minimum absolute atomic E-state index is 0.377. The lowest BCUT2D eigenvalue weighted by Crippen LogP contribution is -2.32. The van der Waals surface area contributed by atoms with Gasteiger partial charge in [-0.25, -0.2) is 13.2 Å². The van der Waals surface area contributed by atoms with Crippen LogP contribution in [-0.4, -0.2) is 37.4 Å². The van der Waals surface area contributed by atoms with Crippen molar-refractivity contribution in [3.63, 3.8) is 0 Å². The summed E-state index contributed by atoms with van der Waals surface area (Å²) in [7, 11) is -3.37. The van der Waals surface area contributed by atoms with Crippen molar-refractivity contribution < 1.29 is 23.1 Å². The highest BCUT2D eigenvalue weighted by Gasteiger charge is 2.14. The van der Waals surface area contributed by atoms with Gasteiger partial charge in [0.05, 0.1) is 6.04 Å². The van der Waals surface area contributed by atoms with Crippen LogP contribution in [0.5, 0.6) is 0 Å². The Labute approximate surface area is 123 Å². The van der Waals surface area contributed by atoms with Crippen molar-refractivity contribution in [3.05, 3.63) is 41.5 Å². The molecule has 0 bridgehead atoms. The second-order valence-corrected chi connectivity index (χ2v) is 6.84. The number of benzene rings is 1. The van der Waals surface area contributed by atoms with Crippen LogP contribution in [0.3, 0.4) is 0 Å². The summed E-state index contributed by atoms with van der Waals surface area (Å²) in [5, 5.41) is 11.2. The summed E-state index contributed by atoms with van der Waals surface area (Å²) in [6.07, 6.45) is 3.46. The molecule has 21 heavy (non-hydrogen) atoms. The van der Waals surface area contributed by atoms with Crippen LogP contribution in [0, 0.1) is 0 Å². The zero-order chi connectivity index (χ0) is 16.0. The molecule has 0 aromatic heterocycles. The summed E-state index contributed by atoms with van der Waals surface area (Å²) >= 11 is 0. The van der Waals surface area contributed by atoms with Gasteiger partial charge in [0.2, 0.25) is 5.91 Å². The van der Waals surface area contributed by atoms with Gasteiger partial charge in [-0.1, -0.05) is 18.2 Å². The van der Waals surface area contributed by atoms with Gasteiger partial charge in [-0.2, -0.15) is 0 Å². The molecule has 1 atom stereocenters. The van der Waals surface area contributed by atoms with E-state index in [2.05, 4.69) is 5.32 Å². The molecule has 0 fully saturated rings. The maximum absolute atomic E-state index is 11.6. The Bertz CT molecular complexity index is 664. The van der Waals surface area contributed by atoms with Crippen LogP contribution in [0.25, 0.3) is 6.08 Å². The lowest BCUT2D eigenvalue weighted by molar-refractivity contribution is -0.131. The molecule has 1 aromatic rings. The molecule has 2 N–H and O–H groups in total. The lowest BCUT2D eigenvalue weighted by Gasteiger charge is -2.14. The minimum atomic E-state index is -3.37. The monoisotopic (exact) mass is 311 g/mol. The summed E-state index contributed by atoms with van der Waals surface area (Å²) in [6, 6.07) is 6.58. The van der Waals surface area contributed by atoms with Gasteiger partial charge >= 0.3 is 5.97 Å².